The number of aromatic nitrogens is 1. The van der Waals surface area contributed by atoms with Gasteiger partial charge in [-0.2, -0.15) is 0 Å². The second-order valence-electron chi connectivity index (χ2n) is 14.7. The molecule has 0 saturated carbocycles. The first-order chi connectivity index (χ1) is 26.0. The molecule has 0 radical (unpaired) electrons. The number of carbonyl (C=O) groups excluding carboxylic acids is 2. The number of amides is 2. The van der Waals surface area contributed by atoms with Gasteiger partial charge in [0.25, 0.3) is 11.8 Å². The Bertz CT molecular complexity index is 2150. The van der Waals surface area contributed by atoms with Gasteiger partial charge < -0.3 is 24.3 Å². The summed E-state index contributed by atoms with van der Waals surface area (Å²) in [7, 11) is 0. The van der Waals surface area contributed by atoms with Crippen LogP contribution in [0.1, 0.15) is 55.9 Å². The molecule has 0 unspecified atom stereocenters. The zero-order chi connectivity index (χ0) is 35.9. The predicted octanol–water partition coefficient (Wildman–Crippen LogP) is 6.98. The fraction of sp³-hybridized carbons (Fsp3) is 0.318. The lowest BCUT2D eigenvalue weighted by atomic mass is 9.92. The number of rotatable bonds is 7. The van der Waals surface area contributed by atoms with Crippen LogP contribution in [0.4, 0.5) is 11.4 Å². The summed E-state index contributed by atoms with van der Waals surface area (Å²) in [4.78, 5) is 36.5. The smallest absolute Gasteiger partial charge is 0.264 e. The van der Waals surface area contributed by atoms with Crippen LogP contribution in [0.5, 0.6) is 11.5 Å². The van der Waals surface area contributed by atoms with E-state index >= 15 is 4.79 Å². The standard InChI is InChI=1S/C44H45N5O4/c1-30-14-16-34(17-15-30)49(33-11-3-2-4-12-33)44(51)38-24-40(47-20-8-7-13-39(38)47)36-25-41-42(53-29-52-41)26-37(36)43(50)48-27-32-10-6-5-9-31(32)23-35(48)28-46-21-18-45-19-22-46/h2-6,9-12,14-17,24-26,35,45H,7-8,13,18-23,27-29H2,1H3/t35-/m0/s1. The van der Waals surface area contributed by atoms with Crippen molar-refractivity contribution in [1.82, 2.24) is 19.7 Å². The number of benzene rings is 4. The molecule has 1 atom stereocenters. The Morgan fingerprint density at radius 2 is 1.51 bits per heavy atom. The number of nitrogens with one attached hydrogen (secondary N) is 1. The monoisotopic (exact) mass is 707 g/mol. The second kappa shape index (κ2) is 14.2. The number of para-hydroxylation sites is 1. The molecule has 5 heterocycles. The van der Waals surface area contributed by atoms with E-state index in [1.165, 1.54) is 11.1 Å². The van der Waals surface area contributed by atoms with E-state index in [2.05, 4.69) is 50.9 Å². The number of carbonyl (C=O) groups is 2. The van der Waals surface area contributed by atoms with Crippen molar-refractivity contribution in [1.29, 1.82) is 0 Å². The number of nitrogens with zero attached hydrogens (tertiary/aromatic N) is 4. The molecule has 270 valence electrons. The van der Waals surface area contributed by atoms with Gasteiger partial charge in [-0.15, -0.1) is 0 Å². The summed E-state index contributed by atoms with van der Waals surface area (Å²) in [6.45, 7) is 8.11. The average molecular weight is 708 g/mol. The quantitative estimate of drug-likeness (QED) is 0.197. The number of hydrogen-bond acceptors (Lipinski definition) is 6. The molecule has 4 aromatic carbocycles. The average Bonchev–Trinajstić information content (AvgIpc) is 3.83. The molecule has 53 heavy (non-hydrogen) atoms. The molecule has 1 saturated heterocycles. The van der Waals surface area contributed by atoms with Crippen molar-refractivity contribution in [2.75, 3.05) is 44.4 Å². The third-order valence-corrected chi connectivity index (χ3v) is 11.3. The lowest BCUT2D eigenvalue weighted by Gasteiger charge is -2.41. The summed E-state index contributed by atoms with van der Waals surface area (Å²) in [5.41, 5.74) is 9.09. The zero-order valence-corrected chi connectivity index (χ0v) is 30.2. The van der Waals surface area contributed by atoms with Crippen molar-refractivity contribution in [3.8, 4) is 22.8 Å². The second-order valence-corrected chi connectivity index (χ2v) is 14.7. The molecule has 2 amide bonds. The van der Waals surface area contributed by atoms with E-state index in [1.807, 2.05) is 77.7 Å². The van der Waals surface area contributed by atoms with E-state index < -0.39 is 0 Å². The van der Waals surface area contributed by atoms with E-state index in [0.717, 1.165) is 98.8 Å². The largest absolute Gasteiger partial charge is 0.454 e. The molecule has 0 spiro atoms. The highest BCUT2D eigenvalue weighted by Crippen LogP contribution is 2.43. The molecule has 9 nitrogen and oxygen atoms in total. The fourth-order valence-corrected chi connectivity index (χ4v) is 8.52. The number of hydrogen-bond donors (Lipinski definition) is 1. The zero-order valence-electron chi connectivity index (χ0n) is 30.2. The predicted molar refractivity (Wildman–Crippen MR) is 206 cm³/mol. The van der Waals surface area contributed by atoms with Crippen molar-refractivity contribution in [3.05, 3.63) is 131 Å². The minimum Gasteiger partial charge on any atom is -0.454 e. The summed E-state index contributed by atoms with van der Waals surface area (Å²) < 4.78 is 14.1. The molecule has 0 aliphatic carbocycles. The third kappa shape index (κ3) is 6.38. The summed E-state index contributed by atoms with van der Waals surface area (Å²) in [6.07, 6.45) is 3.57. The normalized spacial score (nSPS) is 18.0. The SMILES string of the molecule is Cc1ccc(N(C(=O)c2cc(-c3cc4c(cc3C(=O)N3Cc5ccccc5C[C@H]3CN3CCNCC3)OCO4)n3c2CCCC3)c2ccccc2)cc1. The van der Waals surface area contributed by atoms with Crippen LogP contribution in [0.3, 0.4) is 0 Å². The molecule has 4 aliphatic rings. The number of fused-ring (bicyclic) bond motifs is 3. The van der Waals surface area contributed by atoms with E-state index in [0.29, 0.717) is 29.2 Å². The van der Waals surface area contributed by atoms with Gasteiger partial charge in [-0.3, -0.25) is 19.4 Å². The van der Waals surface area contributed by atoms with Gasteiger partial charge in [-0.05, 0) is 86.2 Å². The molecule has 1 fully saturated rings. The topological polar surface area (TPSA) is 79.3 Å². The van der Waals surface area contributed by atoms with Crippen LogP contribution >= 0.6 is 0 Å². The van der Waals surface area contributed by atoms with Gasteiger partial charge in [-0.25, -0.2) is 0 Å². The van der Waals surface area contributed by atoms with Crippen molar-refractivity contribution < 1.29 is 19.1 Å². The van der Waals surface area contributed by atoms with Crippen molar-refractivity contribution >= 4 is 23.2 Å². The fourth-order valence-electron chi connectivity index (χ4n) is 8.52. The van der Waals surface area contributed by atoms with Crippen LogP contribution in [0.2, 0.25) is 0 Å². The number of aryl methyl sites for hydroxylation is 1. The van der Waals surface area contributed by atoms with E-state index in [4.69, 9.17) is 9.47 Å². The molecule has 0 bridgehead atoms. The lowest BCUT2D eigenvalue weighted by Crippen LogP contribution is -2.53. The Morgan fingerprint density at radius 1 is 0.792 bits per heavy atom. The van der Waals surface area contributed by atoms with Crippen LogP contribution < -0.4 is 19.7 Å². The summed E-state index contributed by atoms with van der Waals surface area (Å²) >= 11 is 0. The van der Waals surface area contributed by atoms with Crippen molar-refractivity contribution in [2.45, 2.75) is 51.7 Å². The Hall–Kier alpha value is -5.38. The lowest BCUT2D eigenvalue weighted by molar-refractivity contribution is 0.0572. The summed E-state index contributed by atoms with van der Waals surface area (Å²) in [6, 6.07) is 32.3. The van der Waals surface area contributed by atoms with Crippen LogP contribution in [-0.2, 0) is 25.9 Å². The Balaban J connectivity index is 1.15. The first-order valence-corrected chi connectivity index (χ1v) is 19.0. The number of piperazine rings is 1. The van der Waals surface area contributed by atoms with E-state index in [-0.39, 0.29) is 24.6 Å². The van der Waals surface area contributed by atoms with E-state index in [1.54, 1.807) is 0 Å². The van der Waals surface area contributed by atoms with Crippen LogP contribution in [0.15, 0.2) is 97.1 Å². The van der Waals surface area contributed by atoms with Gasteiger partial charge >= 0.3 is 0 Å². The van der Waals surface area contributed by atoms with Crippen LogP contribution in [0.25, 0.3) is 11.3 Å². The highest BCUT2D eigenvalue weighted by Gasteiger charge is 2.36. The molecular weight excluding hydrogens is 663 g/mol. The van der Waals surface area contributed by atoms with Gasteiger partial charge in [0.1, 0.15) is 0 Å². The van der Waals surface area contributed by atoms with E-state index in [9.17, 15) is 4.79 Å². The maximum absolute atomic E-state index is 15.2. The first kappa shape index (κ1) is 33.5. The minimum absolute atomic E-state index is 0.0149. The summed E-state index contributed by atoms with van der Waals surface area (Å²) in [5, 5.41) is 3.46. The van der Waals surface area contributed by atoms with Crippen molar-refractivity contribution in [3.63, 3.8) is 0 Å². The van der Waals surface area contributed by atoms with Gasteiger partial charge in [-0.1, -0.05) is 60.2 Å². The maximum Gasteiger partial charge on any atom is 0.264 e. The Labute approximate surface area is 310 Å². The van der Waals surface area contributed by atoms with Gasteiger partial charge in [0.15, 0.2) is 11.5 Å². The molecule has 1 N–H and O–H groups in total. The number of ether oxygens (including phenoxy) is 2. The Morgan fingerprint density at radius 3 is 2.30 bits per heavy atom. The molecular formula is C44H45N5O4. The van der Waals surface area contributed by atoms with Crippen molar-refractivity contribution in [2.24, 2.45) is 0 Å². The molecule has 5 aromatic rings. The molecule has 4 aliphatic heterocycles. The molecule has 9 rings (SSSR count). The van der Waals surface area contributed by atoms with Crippen LogP contribution in [-0.4, -0.2) is 71.7 Å². The van der Waals surface area contributed by atoms with Gasteiger partial charge in [0, 0.05) is 80.2 Å². The highest BCUT2D eigenvalue weighted by molar-refractivity contribution is 6.12. The first-order valence-electron chi connectivity index (χ1n) is 19.0. The maximum atomic E-state index is 15.2. The minimum atomic E-state index is -0.0886. The van der Waals surface area contributed by atoms with Gasteiger partial charge in [0.2, 0.25) is 6.79 Å². The Kier molecular flexibility index (Phi) is 8.97. The third-order valence-electron chi connectivity index (χ3n) is 11.3. The molecule has 9 heteroatoms. The van der Waals surface area contributed by atoms with Gasteiger partial charge in [0.05, 0.1) is 11.1 Å². The summed E-state index contributed by atoms with van der Waals surface area (Å²) in [5.74, 6) is 1.07. The number of anilines is 2. The van der Waals surface area contributed by atoms with Crippen LogP contribution in [0, 0.1) is 6.92 Å². The molecule has 1 aromatic heterocycles. The highest BCUT2D eigenvalue weighted by atomic mass is 16.7.